The van der Waals surface area contributed by atoms with Gasteiger partial charge in [0, 0.05) is 30.8 Å². The Balaban J connectivity index is 1.42. The van der Waals surface area contributed by atoms with Crippen molar-refractivity contribution in [2.45, 2.75) is 33.1 Å². The molecule has 1 fully saturated rings. The van der Waals surface area contributed by atoms with Crippen LogP contribution in [0.5, 0.6) is 0 Å². The molecule has 2 aromatic carbocycles. The molecule has 2 aromatic rings. The van der Waals surface area contributed by atoms with Gasteiger partial charge in [0.05, 0.1) is 0 Å². The molecule has 3 rings (SSSR count). The molecular weight excluding hydrogens is 336 g/mol. The number of benzene rings is 2. The standard InChI is InChI=1S/C23H28N2O2/c1-17-7-9-20(10-8-17)23(27)25-15-12-19(13-16-25)11-14-24-22(26)21-6-4-3-5-18(21)2/h3-10,19H,11-16H2,1-2H3,(H,24,26). The van der Waals surface area contributed by atoms with Crippen LogP contribution in [-0.2, 0) is 0 Å². The molecule has 1 N–H and O–H groups in total. The average molecular weight is 364 g/mol. The number of carbonyl (C=O) groups excluding carboxylic acids is 2. The van der Waals surface area contributed by atoms with Gasteiger partial charge in [-0.1, -0.05) is 35.9 Å². The summed E-state index contributed by atoms with van der Waals surface area (Å²) in [5.41, 5.74) is 3.68. The fourth-order valence-electron chi connectivity index (χ4n) is 3.62. The zero-order valence-electron chi connectivity index (χ0n) is 16.2. The van der Waals surface area contributed by atoms with Crippen LogP contribution in [0.1, 0.15) is 51.1 Å². The van der Waals surface area contributed by atoms with E-state index in [2.05, 4.69) is 5.32 Å². The normalized spacial score (nSPS) is 14.8. The van der Waals surface area contributed by atoms with Crippen molar-refractivity contribution in [1.29, 1.82) is 0 Å². The van der Waals surface area contributed by atoms with Crippen molar-refractivity contribution < 1.29 is 9.59 Å². The predicted molar refractivity (Wildman–Crippen MR) is 108 cm³/mol. The maximum Gasteiger partial charge on any atom is 0.253 e. The molecule has 142 valence electrons. The largest absolute Gasteiger partial charge is 0.352 e. The van der Waals surface area contributed by atoms with Crippen molar-refractivity contribution in [3.05, 3.63) is 70.8 Å². The summed E-state index contributed by atoms with van der Waals surface area (Å²) in [4.78, 5) is 26.8. The van der Waals surface area contributed by atoms with E-state index in [1.165, 1.54) is 0 Å². The highest BCUT2D eigenvalue weighted by Crippen LogP contribution is 2.21. The van der Waals surface area contributed by atoms with E-state index in [1.54, 1.807) is 0 Å². The molecule has 0 aromatic heterocycles. The van der Waals surface area contributed by atoms with Gasteiger partial charge in [-0.15, -0.1) is 0 Å². The number of hydrogen-bond donors (Lipinski definition) is 1. The SMILES string of the molecule is Cc1ccc(C(=O)N2CCC(CCNC(=O)c3ccccc3C)CC2)cc1. The number of aryl methyl sites for hydroxylation is 2. The zero-order valence-corrected chi connectivity index (χ0v) is 16.2. The number of rotatable bonds is 5. The third-order valence-corrected chi connectivity index (χ3v) is 5.43. The highest BCUT2D eigenvalue weighted by atomic mass is 16.2. The van der Waals surface area contributed by atoms with Gasteiger partial charge >= 0.3 is 0 Å². The smallest absolute Gasteiger partial charge is 0.253 e. The number of carbonyl (C=O) groups is 2. The predicted octanol–water partition coefficient (Wildman–Crippen LogP) is 3.98. The summed E-state index contributed by atoms with van der Waals surface area (Å²) in [6.45, 7) is 6.25. The number of nitrogens with zero attached hydrogens (tertiary/aromatic N) is 1. The van der Waals surface area contributed by atoms with Gasteiger partial charge in [-0.05, 0) is 62.8 Å². The fourth-order valence-corrected chi connectivity index (χ4v) is 3.62. The maximum atomic E-state index is 12.6. The highest BCUT2D eigenvalue weighted by molar-refractivity contribution is 5.95. The molecule has 1 aliphatic heterocycles. The second kappa shape index (κ2) is 8.85. The van der Waals surface area contributed by atoms with Crippen LogP contribution in [0.2, 0.25) is 0 Å². The van der Waals surface area contributed by atoms with E-state index < -0.39 is 0 Å². The second-order valence-corrected chi connectivity index (χ2v) is 7.46. The molecule has 1 saturated heterocycles. The Morgan fingerprint density at radius 3 is 2.33 bits per heavy atom. The minimum atomic E-state index is 0.0000785. The molecule has 4 nitrogen and oxygen atoms in total. The Morgan fingerprint density at radius 2 is 1.67 bits per heavy atom. The first kappa shape index (κ1) is 19.2. The molecule has 4 heteroatoms. The summed E-state index contributed by atoms with van der Waals surface area (Å²) in [6, 6.07) is 15.4. The van der Waals surface area contributed by atoms with Gasteiger partial charge in [0.15, 0.2) is 0 Å². The Morgan fingerprint density at radius 1 is 1.00 bits per heavy atom. The third-order valence-electron chi connectivity index (χ3n) is 5.43. The summed E-state index contributed by atoms with van der Waals surface area (Å²) < 4.78 is 0. The van der Waals surface area contributed by atoms with Gasteiger partial charge in [-0.3, -0.25) is 9.59 Å². The summed E-state index contributed by atoms with van der Waals surface area (Å²) in [6.07, 6.45) is 2.96. The van der Waals surface area contributed by atoms with Crippen LogP contribution in [0.25, 0.3) is 0 Å². The minimum absolute atomic E-state index is 0.0000785. The van der Waals surface area contributed by atoms with Gasteiger partial charge in [0.1, 0.15) is 0 Å². The minimum Gasteiger partial charge on any atom is -0.352 e. The lowest BCUT2D eigenvalue weighted by Crippen LogP contribution is -2.39. The van der Waals surface area contributed by atoms with E-state index in [0.717, 1.165) is 54.6 Å². The second-order valence-electron chi connectivity index (χ2n) is 7.46. The lowest BCUT2D eigenvalue weighted by Gasteiger charge is -2.32. The molecule has 0 atom stereocenters. The van der Waals surface area contributed by atoms with Crippen LogP contribution in [0.4, 0.5) is 0 Å². The number of likely N-dealkylation sites (tertiary alicyclic amines) is 1. The van der Waals surface area contributed by atoms with Crippen molar-refractivity contribution in [3.8, 4) is 0 Å². The van der Waals surface area contributed by atoms with Crippen LogP contribution in [0, 0.1) is 19.8 Å². The molecule has 1 aliphatic rings. The van der Waals surface area contributed by atoms with Crippen molar-refractivity contribution in [3.63, 3.8) is 0 Å². The van der Waals surface area contributed by atoms with Crippen LogP contribution >= 0.6 is 0 Å². The lowest BCUT2D eigenvalue weighted by molar-refractivity contribution is 0.0687. The first-order valence-electron chi connectivity index (χ1n) is 9.74. The number of nitrogens with one attached hydrogen (secondary N) is 1. The van der Waals surface area contributed by atoms with Gasteiger partial charge in [0.2, 0.25) is 0 Å². The molecule has 2 amide bonds. The molecular formula is C23H28N2O2. The molecule has 0 bridgehead atoms. The molecule has 0 unspecified atom stereocenters. The molecule has 0 saturated carbocycles. The van der Waals surface area contributed by atoms with E-state index in [0.29, 0.717) is 12.5 Å². The number of hydrogen-bond acceptors (Lipinski definition) is 2. The lowest BCUT2D eigenvalue weighted by atomic mass is 9.93. The van der Waals surface area contributed by atoms with E-state index in [9.17, 15) is 9.59 Å². The van der Waals surface area contributed by atoms with E-state index in [1.807, 2.05) is 67.3 Å². The molecule has 0 spiro atoms. The molecule has 0 aliphatic carbocycles. The highest BCUT2D eigenvalue weighted by Gasteiger charge is 2.23. The Bertz CT molecular complexity index is 790. The van der Waals surface area contributed by atoms with Crippen molar-refractivity contribution in [2.24, 2.45) is 5.92 Å². The molecule has 1 heterocycles. The van der Waals surface area contributed by atoms with Crippen molar-refractivity contribution >= 4 is 11.8 Å². The van der Waals surface area contributed by atoms with Crippen molar-refractivity contribution in [1.82, 2.24) is 10.2 Å². The van der Waals surface area contributed by atoms with Crippen LogP contribution in [0.3, 0.4) is 0 Å². The average Bonchev–Trinajstić information content (AvgIpc) is 2.69. The summed E-state index contributed by atoms with van der Waals surface area (Å²) in [5.74, 6) is 0.686. The van der Waals surface area contributed by atoms with Gasteiger partial charge in [-0.25, -0.2) is 0 Å². The molecule has 0 radical (unpaired) electrons. The first-order valence-corrected chi connectivity index (χ1v) is 9.74. The Hall–Kier alpha value is -2.62. The monoisotopic (exact) mass is 364 g/mol. The summed E-state index contributed by atoms with van der Waals surface area (Å²) in [5, 5.41) is 3.03. The summed E-state index contributed by atoms with van der Waals surface area (Å²) >= 11 is 0. The maximum absolute atomic E-state index is 12.6. The number of amides is 2. The van der Waals surface area contributed by atoms with E-state index in [-0.39, 0.29) is 11.8 Å². The Kier molecular flexibility index (Phi) is 6.28. The third kappa shape index (κ3) is 4.97. The number of piperidine rings is 1. The zero-order chi connectivity index (χ0) is 19.2. The van der Waals surface area contributed by atoms with Crippen LogP contribution in [0.15, 0.2) is 48.5 Å². The van der Waals surface area contributed by atoms with E-state index >= 15 is 0 Å². The van der Waals surface area contributed by atoms with Gasteiger partial charge < -0.3 is 10.2 Å². The van der Waals surface area contributed by atoms with Crippen LogP contribution in [-0.4, -0.2) is 36.3 Å². The quantitative estimate of drug-likeness (QED) is 0.872. The van der Waals surface area contributed by atoms with Gasteiger partial charge in [0.25, 0.3) is 11.8 Å². The summed E-state index contributed by atoms with van der Waals surface area (Å²) in [7, 11) is 0. The molecule has 27 heavy (non-hydrogen) atoms. The topological polar surface area (TPSA) is 49.4 Å². The first-order chi connectivity index (χ1) is 13.0. The van der Waals surface area contributed by atoms with Gasteiger partial charge in [-0.2, -0.15) is 0 Å². The van der Waals surface area contributed by atoms with Crippen molar-refractivity contribution in [2.75, 3.05) is 19.6 Å². The fraction of sp³-hybridized carbons (Fsp3) is 0.391. The van der Waals surface area contributed by atoms with Crippen LogP contribution < -0.4 is 5.32 Å². The Labute approximate surface area is 161 Å². The van der Waals surface area contributed by atoms with E-state index in [4.69, 9.17) is 0 Å².